The molecule has 0 bridgehead atoms. The van der Waals surface area contributed by atoms with Gasteiger partial charge >= 0.3 is 0 Å². The number of hydrogen-bond acceptors (Lipinski definition) is 4. The van der Waals surface area contributed by atoms with E-state index in [-0.39, 0.29) is 11.8 Å². The highest BCUT2D eigenvalue weighted by molar-refractivity contribution is 5.40. The minimum absolute atomic E-state index is 0.0135. The summed E-state index contributed by atoms with van der Waals surface area (Å²) in [5.74, 6) is 0.101. The summed E-state index contributed by atoms with van der Waals surface area (Å²) in [6.45, 7) is 9.75. The fourth-order valence-electron chi connectivity index (χ4n) is 2.78. The van der Waals surface area contributed by atoms with Crippen LogP contribution in [0.15, 0.2) is 30.7 Å². The Kier molecular flexibility index (Phi) is 4.82. The third kappa shape index (κ3) is 3.74. The van der Waals surface area contributed by atoms with Crippen LogP contribution >= 0.6 is 0 Å². The van der Waals surface area contributed by atoms with Crippen LogP contribution in [0, 0.1) is 12.3 Å². The van der Waals surface area contributed by atoms with Gasteiger partial charge in [0.15, 0.2) is 5.72 Å². The lowest BCUT2D eigenvalue weighted by Crippen LogP contribution is -2.55. The van der Waals surface area contributed by atoms with E-state index in [9.17, 15) is 10.2 Å². The predicted octanol–water partition coefficient (Wildman–Crippen LogP) is 2.84. The zero-order valence-electron chi connectivity index (χ0n) is 14.5. The molecule has 23 heavy (non-hydrogen) atoms. The third-order valence-electron chi connectivity index (χ3n) is 4.16. The van der Waals surface area contributed by atoms with Crippen LogP contribution in [0.25, 0.3) is 0 Å². The molecule has 5 heteroatoms. The number of phenols is 1. The molecule has 0 fully saturated rings. The lowest BCUT2D eigenvalue weighted by Gasteiger charge is -2.43. The number of phenolic OH excluding ortho intramolecular Hbond substituents is 1. The van der Waals surface area contributed by atoms with Crippen molar-refractivity contribution in [1.82, 2.24) is 15.3 Å². The summed E-state index contributed by atoms with van der Waals surface area (Å²) in [6.07, 6.45) is 4.12. The molecule has 0 aliphatic heterocycles. The van der Waals surface area contributed by atoms with E-state index >= 15 is 0 Å². The zero-order valence-corrected chi connectivity index (χ0v) is 14.5. The topological polar surface area (TPSA) is 81.2 Å². The number of benzene rings is 1. The Hall–Kier alpha value is -1.85. The van der Waals surface area contributed by atoms with Crippen LogP contribution in [-0.4, -0.2) is 26.2 Å². The largest absolute Gasteiger partial charge is 0.507 e. The average Bonchev–Trinajstić information content (AvgIpc) is 2.89. The number of rotatable bonds is 5. The molecule has 0 saturated carbocycles. The Morgan fingerprint density at radius 1 is 1.30 bits per heavy atom. The Labute approximate surface area is 137 Å². The lowest BCUT2D eigenvalue weighted by atomic mass is 9.77. The van der Waals surface area contributed by atoms with Gasteiger partial charge in [-0.05, 0) is 25.5 Å². The monoisotopic (exact) mass is 317 g/mol. The number of H-pyrrole nitrogens is 1. The van der Waals surface area contributed by atoms with Crippen molar-refractivity contribution < 1.29 is 10.2 Å². The number of aromatic hydroxyl groups is 1. The molecular weight excluding hydrogens is 290 g/mol. The number of aryl methyl sites for hydroxylation is 1. The summed E-state index contributed by atoms with van der Waals surface area (Å²) >= 11 is 0. The normalized spacial score (nSPS) is 16.1. The van der Waals surface area contributed by atoms with Gasteiger partial charge in [-0.15, -0.1) is 0 Å². The molecule has 1 heterocycles. The number of imidazole rings is 1. The van der Waals surface area contributed by atoms with Gasteiger partial charge in [0.25, 0.3) is 0 Å². The van der Waals surface area contributed by atoms with Crippen molar-refractivity contribution >= 4 is 0 Å². The van der Waals surface area contributed by atoms with E-state index < -0.39 is 11.1 Å². The Morgan fingerprint density at radius 2 is 2.00 bits per heavy atom. The van der Waals surface area contributed by atoms with E-state index in [1.54, 1.807) is 24.7 Å². The minimum atomic E-state index is -1.36. The first-order chi connectivity index (χ1) is 10.6. The molecule has 2 atom stereocenters. The Bertz CT molecular complexity index is 647. The second kappa shape index (κ2) is 6.34. The summed E-state index contributed by atoms with van der Waals surface area (Å²) in [5.41, 5.74) is 0.570. The van der Waals surface area contributed by atoms with Crippen LogP contribution < -0.4 is 5.32 Å². The van der Waals surface area contributed by atoms with E-state index in [0.717, 1.165) is 11.3 Å². The lowest BCUT2D eigenvalue weighted by molar-refractivity contribution is -0.102. The first-order valence-electron chi connectivity index (χ1n) is 7.91. The van der Waals surface area contributed by atoms with E-state index in [4.69, 9.17) is 0 Å². The SMILES string of the molecule is Cc1ccc(C(O)(N[C@H](C)Cc2cnc[nH]2)C(C)(C)C)c(O)c1. The molecule has 0 amide bonds. The van der Waals surface area contributed by atoms with Crippen LogP contribution in [0.4, 0.5) is 0 Å². The molecule has 0 radical (unpaired) electrons. The summed E-state index contributed by atoms with van der Waals surface area (Å²) < 4.78 is 0. The molecule has 1 aromatic carbocycles. The molecule has 2 rings (SSSR count). The van der Waals surface area contributed by atoms with Crippen LogP contribution in [0.5, 0.6) is 5.75 Å². The summed E-state index contributed by atoms with van der Waals surface area (Å²) in [7, 11) is 0. The van der Waals surface area contributed by atoms with E-state index in [2.05, 4.69) is 15.3 Å². The number of hydrogen-bond donors (Lipinski definition) is 4. The highest BCUT2D eigenvalue weighted by atomic mass is 16.3. The molecule has 0 aliphatic carbocycles. The highest BCUT2D eigenvalue weighted by Gasteiger charge is 2.44. The second-order valence-electron chi connectivity index (χ2n) is 7.31. The van der Waals surface area contributed by atoms with Gasteiger partial charge in [-0.3, -0.25) is 5.32 Å². The molecule has 0 spiro atoms. The first kappa shape index (κ1) is 17.5. The predicted molar refractivity (Wildman–Crippen MR) is 91.1 cm³/mol. The van der Waals surface area contributed by atoms with Crippen molar-refractivity contribution in [2.75, 3.05) is 0 Å². The first-order valence-corrected chi connectivity index (χ1v) is 7.91. The second-order valence-corrected chi connectivity index (χ2v) is 7.31. The highest BCUT2D eigenvalue weighted by Crippen LogP contribution is 2.41. The number of aromatic amines is 1. The fraction of sp³-hybridized carbons (Fsp3) is 0.500. The van der Waals surface area contributed by atoms with E-state index in [1.807, 2.05) is 40.7 Å². The maximum absolute atomic E-state index is 11.4. The molecule has 0 saturated heterocycles. The van der Waals surface area contributed by atoms with Gasteiger partial charge in [0.2, 0.25) is 0 Å². The molecule has 0 aliphatic rings. The van der Waals surface area contributed by atoms with Crippen molar-refractivity contribution in [2.24, 2.45) is 5.41 Å². The molecule has 4 N–H and O–H groups in total. The molecule has 126 valence electrons. The van der Waals surface area contributed by atoms with Gasteiger partial charge in [-0.1, -0.05) is 32.9 Å². The molecule has 5 nitrogen and oxygen atoms in total. The van der Waals surface area contributed by atoms with Gasteiger partial charge in [0.1, 0.15) is 5.75 Å². The van der Waals surface area contributed by atoms with Crippen LogP contribution in [0.1, 0.15) is 44.5 Å². The van der Waals surface area contributed by atoms with Crippen molar-refractivity contribution in [1.29, 1.82) is 0 Å². The fourth-order valence-corrected chi connectivity index (χ4v) is 2.78. The standard InChI is InChI=1S/C18H27N3O2/c1-12-6-7-15(16(22)8-12)18(23,17(3,4)5)21-13(2)9-14-10-19-11-20-14/h6-8,10-11,13,21-23H,9H2,1-5H3,(H,19,20)/t13-,18?/m1/s1. The van der Waals surface area contributed by atoms with Crippen LogP contribution in [-0.2, 0) is 12.1 Å². The maximum atomic E-state index is 11.4. The smallest absolute Gasteiger partial charge is 0.150 e. The van der Waals surface area contributed by atoms with Gasteiger partial charge < -0.3 is 15.2 Å². The number of aliphatic hydroxyl groups is 1. The number of aromatic nitrogens is 2. The summed E-state index contributed by atoms with van der Waals surface area (Å²) in [5, 5.41) is 25.0. The van der Waals surface area contributed by atoms with Crippen molar-refractivity contribution in [3.8, 4) is 5.75 Å². The van der Waals surface area contributed by atoms with Crippen LogP contribution in [0.2, 0.25) is 0 Å². The maximum Gasteiger partial charge on any atom is 0.150 e. The Balaban J connectivity index is 2.32. The summed E-state index contributed by atoms with van der Waals surface area (Å²) in [6, 6.07) is 5.34. The number of nitrogens with zero attached hydrogens (tertiary/aromatic N) is 1. The van der Waals surface area contributed by atoms with Gasteiger partial charge in [0, 0.05) is 35.3 Å². The molecule has 2 aromatic rings. The van der Waals surface area contributed by atoms with Gasteiger partial charge in [0.05, 0.1) is 6.33 Å². The van der Waals surface area contributed by atoms with Gasteiger partial charge in [-0.2, -0.15) is 0 Å². The minimum Gasteiger partial charge on any atom is -0.507 e. The summed E-state index contributed by atoms with van der Waals surface area (Å²) in [4.78, 5) is 7.09. The average molecular weight is 317 g/mol. The number of nitrogens with one attached hydrogen (secondary N) is 2. The molecule has 1 aromatic heterocycles. The van der Waals surface area contributed by atoms with E-state index in [1.165, 1.54) is 0 Å². The van der Waals surface area contributed by atoms with Crippen LogP contribution in [0.3, 0.4) is 0 Å². The molecular formula is C18H27N3O2. The van der Waals surface area contributed by atoms with Crippen molar-refractivity contribution in [2.45, 2.75) is 52.8 Å². The quantitative estimate of drug-likeness (QED) is 0.639. The van der Waals surface area contributed by atoms with Crippen molar-refractivity contribution in [3.05, 3.63) is 47.5 Å². The zero-order chi connectivity index (χ0) is 17.3. The van der Waals surface area contributed by atoms with Gasteiger partial charge in [-0.25, -0.2) is 4.98 Å². The Morgan fingerprint density at radius 3 is 2.52 bits per heavy atom. The molecule has 1 unspecified atom stereocenters. The van der Waals surface area contributed by atoms with E-state index in [0.29, 0.717) is 12.0 Å². The third-order valence-corrected chi connectivity index (χ3v) is 4.16. The van der Waals surface area contributed by atoms with Crippen molar-refractivity contribution in [3.63, 3.8) is 0 Å².